The van der Waals surface area contributed by atoms with Crippen molar-refractivity contribution in [3.63, 3.8) is 0 Å². The molecule has 2 heterocycles. The molecule has 1 aromatic rings. The number of piperidine rings is 1. The molecular weight excluding hydrogens is 324 g/mol. The Morgan fingerprint density at radius 3 is 2.50 bits per heavy atom. The van der Waals surface area contributed by atoms with E-state index in [0.29, 0.717) is 17.8 Å². The number of ether oxygens (including phenoxy) is 1. The highest BCUT2D eigenvalue weighted by atomic mass is 16.6. The number of aliphatic imine (C=N–C) groups is 1. The Labute approximate surface area is 155 Å². The summed E-state index contributed by atoms with van der Waals surface area (Å²) in [6, 6.07) is 10.6. The number of esters is 1. The molecule has 0 spiro atoms. The number of allylic oxidation sites excluding steroid dienone is 1. The maximum Gasteiger partial charge on any atom is 0.338 e. The second-order valence-corrected chi connectivity index (χ2v) is 8.81. The average molecular weight is 352 g/mol. The SMILES string of the molecule is CC(C)(C)OC(=O)C1(C2C3CN(CCc4ccccc4)CC32)C=CC=N1. The highest BCUT2D eigenvalue weighted by Gasteiger charge is 2.67. The van der Waals surface area contributed by atoms with Crippen molar-refractivity contribution in [1.82, 2.24) is 4.90 Å². The van der Waals surface area contributed by atoms with E-state index in [2.05, 4.69) is 40.2 Å². The predicted molar refractivity (Wildman–Crippen MR) is 103 cm³/mol. The van der Waals surface area contributed by atoms with E-state index in [0.717, 1.165) is 26.1 Å². The van der Waals surface area contributed by atoms with Crippen LogP contribution in [0.25, 0.3) is 0 Å². The molecule has 4 rings (SSSR count). The molecule has 1 saturated heterocycles. The molecule has 3 aliphatic rings. The molecule has 2 aliphatic heterocycles. The molecule has 26 heavy (non-hydrogen) atoms. The van der Waals surface area contributed by atoms with Crippen LogP contribution in [0.5, 0.6) is 0 Å². The van der Waals surface area contributed by atoms with Crippen molar-refractivity contribution in [3.05, 3.63) is 48.0 Å². The average Bonchev–Trinajstić information content (AvgIpc) is 2.99. The molecule has 4 heteroatoms. The summed E-state index contributed by atoms with van der Waals surface area (Å²) in [5.41, 5.74) is 0.119. The molecule has 0 bridgehead atoms. The zero-order valence-corrected chi connectivity index (χ0v) is 15.9. The Bertz CT molecular complexity index is 708. The number of fused-ring (bicyclic) bond motifs is 1. The third-order valence-corrected chi connectivity index (χ3v) is 5.79. The largest absolute Gasteiger partial charge is 0.458 e. The van der Waals surface area contributed by atoms with E-state index in [1.54, 1.807) is 6.21 Å². The Kier molecular flexibility index (Phi) is 4.26. The number of rotatable bonds is 5. The van der Waals surface area contributed by atoms with Gasteiger partial charge in [-0.2, -0.15) is 0 Å². The van der Waals surface area contributed by atoms with Gasteiger partial charge in [0.1, 0.15) is 5.60 Å². The zero-order valence-electron chi connectivity index (χ0n) is 15.9. The maximum absolute atomic E-state index is 12.9. The molecule has 0 aromatic heterocycles. The highest BCUT2D eigenvalue weighted by Crippen LogP contribution is 2.59. The van der Waals surface area contributed by atoms with Crippen molar-refractivity contribution < 1.29 is 9.53 Å². The second-order valence-electron chi connectivity index (χ2n) is 8.81. The first-order valence-electron chi connectivity index (χ1n) is 9.62. The van der Waals surface area contributed by atoms with Crippen molar-refractivity contribution >= 4 is 12.2 Å². The van der Waals surface area contributed by atoms with Gasteiger partial charge in [0.25, 0.3) is 0 Å². The van der Waals surface area contributed by atoms with Crippen LogP contribution in [0.1, 0.15) is 26.3 Å². The zero-order chi connectivity index (χ0) is 18.4. The molecule has 0 amide bonds. The quantitative estimate of drug-likeness (QED) is 0.765. The molecule has 1 saturated carbocycles. The van der Waals surface area contributed by atoms with Gasteiger partial charge in [-0.15, -0.1) is 0 Å². The van der Waals surface area contributed by atoms with E-state index < -0.39 is 11.1 Å². The summed E-state index contributed by atoms with van der Waals surface area (Å²) in [7, 11) is 0. The molecular formula is C22H28N2O2. The number of hydrogen-bond acceptors (Lipinski definition) is 4. The van der Waals surface area contributed by atoms with Crippen molar-refractivity contribution in [2.45, 2.75) is 38.3 Å². The third kappa shape index (κ3) is 3.23. The van der Waals surface area contributed by atoms with Crippen LogP contribution in [-0.2, 0) is 16.0 Å². The number of benzene rings is 1. The topological polar surface area (TPSA) is 41.9 Å². The lowest BCUT2D eigenvalue weighted by Gasteiger charge is -2.30. The highest BCUT2D eigenvalue weighted by molar-refractivity contribution is 5.92. The van der Waals surface area contributed by atoms with Gasteiger partial charge in [-0.05, 0) is 56.7 Å². The van der Waals surface area contributed by atoms with Crippen molar-refractivity contribution in [3.8, 4) is 0 Å². The van der Waals surface area contributed by atoms with Crippen LogP contribution in [0.3, 0.4) is 0 Å². The van der Waals surface area contributed by atoms with E-state index in [1.165, 1.54) is 5.56 Å². The van der Waals surface area contributed by atoms with Crippen molar-refractivity contribution in [2.24, 2.45) is 22.7 Å². The van der Waals surface area contributed by atoms with Crippen LogP contribution in [0, 0.1) is 17.8 Å². The lowest BCUT2D eigenvalue weighted by molar-refractivity contribution is -0.160. The van der Waals surface area contributed by atoms with E-state index in [-0.39, 0.29) is 5.97 Å². The molecule has 0 N–H and O–H groups in total. The van der Waals surface area contributed by atoms with Crippen molar-refractivity contribution in [1.29, 1.82) is 0 Å². The van der Waals surface area contributed by atoms with Gasteiger partial charge in [0.05, 0.1) is 0 Å². The fourth-order valence-electron chi connectivity index (χ4n) is 4.59. The number of likely N-dealkylation sites (tertiary alicyclic amines) is 1. The third-order valence-electron chi connectivity index (χ3n) is 5.79. The van der Waals surface area contributed by atoms with Gasteiger partial charge in [0, 0.05) is 31.8 Å². The summed E-state index contributed by atoms with van der Waals surface area (Å²) in [4.78, 5) is 20.0. The molecule has 138 valence electrons. The van der Waals surface area contributed by atoms with E-state index in [1.807, 2.05) is 32.9 Å². The van der Waals surface area contributed by atoms with Crippen molar-refractivity contribution in [2.75, 3.05) is 19.6 Å². The minimum absolute atomic E-state index is 0.190. The normalized spacial score (nSPS) is 32.7. The second kappa shape index (κ2) is 6.34. The van der Waals surface area contributed by atoms with Gasteiger partial charge in [-0.3, -0.25) is 4.99 Å². The van der Waals surface area contributed by atoms with E-state index >= 15 is 0 Å². The van der Waals surface area contributed by atoms with Gasteiger partial charge >= 0.3 is 5.97 Å². The van der Waals surface area contributed by atoms with Gasteiger partial charge in [-0.25, -0.2) is 4.79 Å². The van der Waals surface area contributed by atoms with Gasteiger partial charge in [-0.1, -0.05) is 30.3 Å². The molecule has 1 aromatic carbocycles. The monoisotopic (exact) mass is 352 g/mol. The fourth-order valence-corrected chi connectivity index (χ4v) is 4.59. The minimum Gasteiger partial charge on any atom is -0.458 e. The molecule has 3 atom stereocenters. The van der Waals surface area contributed by atoms with E-state index in [9.17, 15) is 4.79 Å². The van der Waals surface area contributed by atoms with Gasteiger partial charge in [0.15, 0.2) is 5.54 Å². The summed E-state index contributed by atoms with van der Waals surface area (Å²) >= 11 is 0. The summed E-state index contributed by atoms with van der Waals surface area (Å²) in [6.45, 7) is 8.97. The fraction of sp³-hybridized carbons (Fsp3) is 0.545. The van der Waals surface area contributed by atoms with Crippen LogP contribution in [0.15, 0.2) is 47.5 Å². The first-order valence-corrected chi connectivity index (χ1v) is 9.62. The number of nitrogens with zero attached hydrogens (tertiary/aromatic N) is 2. The van der Waals surface area contributed by atoms with Crippen LogP contribution >= 0.6 is 0 Å². The molecule has 4 nitrogen and oxygen atoms in total. The Morgan fingerprint density at radius 2 is 1.92 bits per heavy atom. The minimum atomic E-state index is -0.784. The molecule has 1 aliphatic carbocycles. The van der Waals surface area contributed by atoms with Gasteiger partial charge in [0.2, 0.25) is 0 Å². The molecule has 2 fully saturated rings. The lowest BCUT2D eigenvalue weighted by Crippen LogP contribution is -2.44. The van der Waals surface area contributed by atoms with Crippen LogP contribution in [0.2, 0.25) is 0 Å². The van der Waals surface area contributed by atoms with Crippen LogP contribution in [0.4, 0.5) is 0 Å². The smallest absolute Gasteiger partial charge is 0.338 e. The predicted octanol–water partition coefficient (Wildman–Crippen LogP) is 3.13. The Hall–Kier alpha value is -1.94. The standard InChI is InChI=1S/C22H28N2O2/c1-21(2,3)26-20(25)22(11-7-12-23-22)19-17-14-24(15-18(17)19)13-10-16-8-5-4-6-9-16/h4-9,11-12,17-19H,10,13-15H2,1-3H3. The van der Waals surface area contributed by atoms with Gasteiger partial charge < -0.3 is 9.64 Å². The first-order chi connectivity index (χ1) is 12.4. The summed E-state index contributed by atoms with van der Waals surface area (Å²) < 4.78 is 5.71. The Balaban J connectivity index is 1.37. The first kappa shape index (κ1) is 17.5. The summed E-state index contributed by atoms with van der Waals surface area (Å²) in [6.07, 6.45) is 6.69. The Morgan fingerprint density at radius 1 is 1.23 bits per heavy atom. The number of hydrogen-bond donors (Lipinski definition) is 0. The molecule has 3 unspecified atom stereocenters. The van der Waals surface area contributed by atoms with E-state index in [4.69, 9.17) is 4.74 Å². The van der Waals surface area contributed by atoms with Crippen LogP contribution < -0.4 is 0 Å². The summed E-state index contributed by atoms with van der Waals surface area (Å²) in [5.74, 6) is 1.21. The maximum atomic E-state index is 12.9. The number of carbonyl (C=O) groups excluding carboxylic acids is 1. The van der Waals surface area contributed by atoms with Crippen LogP contribution in [-0.4, -0.2) is 47.9 Å². The molecule has 0 radical (unpaired) electrons. The summed E-state index contributed by atoms with van der Waals surface area (Å²) in [5, 5.41) is 0. The number of carbonyl (C=O) groups is 1. The lowest BCUT2D eigenvalue weighted by atomic mass is 9.91.